The van der Waals surface area contributed by atoms with Gasteiger partial charge in [0.15, 0.2) is 11.6 Å². The first kappa shape index (κ1) is 57.2. The maximum Gasteiger partial charge on any atom is 0.333 e. The molecule has 0 atom stereocenters. The molecule has 0 amide bonds. The third-order valence-electron chi connectivity index (χ3n) is 16.3. The molecule has 7 aromatic carbocycles. The van der Waals surface area contributed by atoms with E-state index in [1.54, 1.807) is 194 Å². The molecule has 0 aliphatic heterocycles. The van der Waals surface area contributed by atoms with E-state index in [1.807, 2.05) is 24.3 Å². The van der Waals surface area contributed by atoms with E-state index in [4.69, 9.17) is 18.9 Å². The van der Waals surface area contributed by atoms with E-state index in [1.165, 1.54) is 12.2 Å². The molecule has 0 unspecified atom stereocenters. The number of esters is 4. The van der Waals surface area contributed by atoms with Gasteiger partial charge in [0, 0.05) is 64.1 Å². The largest absolute Gasteiger partial charge is 0.459 e. The van der Waals surface area contributed by atoms with Crippen molar-refractivity contribution in [3.8, 4) is 45.2 Å². The number of hydrogen-bond donors (Lipinski definition) is 0. The van der Waals surface area contributed by atoms with Gasteiger partial charge in [-0.1, -0.05) is 170 Å². The third kappa shape index (κ3) is 9.36. The lowest BCUT2D eigenvalue weighted by Crippen LogP contribution is -2.46. The number of rotatable bonds is 14. The summed E-state index contributed by atoms with van der Waals surface area (Å²) in [4.78, 5) is 94.0. The fourth-order valence-electron chi connectivity index (χ4n) is 12.2. The number of hydrogen-bond acceptors (Lipinski definition) is 16. The van der Waals surface area contributed by atoms with Crippen LogP contribution in [0.1, 0.15) is 86.1 Å². The molecular formula is C74H42N4O10S2. The summed E-state index contributed by atoms with van der Waals surface area (Å²) < 4.78 is 25.1. The molecule has 9 aromatic rings. The first-order chi connectivity index (χ1) is 43.9. The van der Waals surface area contributed by atoms with E-state index >= 15 is 19.2 Å². The fourth-order valence-corrected chi connectivity index (χ4v) is 14.5. The Morgan fingerprint density at radius 3 is 0.933 bits per heavy atom. The van der Waals surface area contributed by atoms with Crippen molar-refractivity contribution in [2.45, 2.75) is 37.3 Å². The highest BCUT2D eigenvalue weighted by atomic mass is 32.1. The summed E-state index contributed by atoms with van der Waals surface area (Å²) in [6.07, 6.45) is 3.00. The molecule has 90 heavy (non-hydrogen) atoms. The van der Waals surface area contributed by atoms with Gasteiger partial charge >= 0.3 is 23.9 Å². The average molecular weight is 1210 g/mol. The Labute approximate surface area is 522 Å². The number of allylic oxidation sites excluding steroid dienone is 6. The van der Waals surface area contributed by atoms with Gasteiger partial charge in [0.05, 0.1) is 0 Å². The number of ether oxygens (including phenoxy) is 4. The van der Waals surface area contributed by atoms with Crippen molar-refractivity contribution >= 4 is 81.4 Å². The molecule has 2 aromatic heterocycles. The summed E-state index contributed by atoms with van der Waals surface area (Å²) >= 11 is 2.12. The van der Waals surface area contributed by atoms with E-state index in [9.17, 15) is 30.6 Å². The van der Waals surface area contributed by atoms with Crippen molar-refractivity contribution in [3.05, 3.63) is 293 Å². The Bertz CT molecular complexity index is 4440. The Balaban J connectivity index is 1.08. The zero-order valence-corrected chi connectivity index (χ0v) is 48.8. The molecule has 0 radical (unpaired) electrons. The second kappa shape index (κ2) is 23.4. The zero-order valence-electron chi connectivity index (χ0n) is 47.1. The van der Waals surface area contributed by atoms with E-state index in [0.717, 1.165) is 22.7 Å². The number of carbonyl (C=O) groups excluding carboxylic acids is 6. The number of carbonyl (C=O) groups is 6. The predicted molar refractivity (Wildman–Crippen MR) is 333 cm³/mol. The Hall–Kier alpha value is -11.9. The van der Waals surface area contributed by atoms with Crippen molar-refractivity contribution in [3.63, 3.8) is 0 Å². The number of nitrogens with zero attached hydrogens (tertiary/aromatic N) is 4. The highest BCUT2D eigenvalue weighted by Crippen LogP contribution is 2.62. The van der Waals surface area contributed by atoms with Gasteiger partial charge in [-0.2, -0.15) is 21.0 Å². The van der Waals surface area contributed by atoms with Crippen molar-refractivity contribution in [2.24, 2.45) is 0 Å². The fraction of sp³-hybridized carbons (Fsp3) is 0.0811. The maximum atomic E-state index is 16.0. The van der Waals surface area contributed by atoms with E-state index in [-0.39, 0.29) is 114 Å². The van der Waals surface area contributed by atoms with E-state index in [2.05, 4.69) is 0 Å². The predicted octanol–water partition coefficient (Wildman–Crippen LogP) is 13.5. The normalized spacial score (nSPS) is 14.8. The standard InChI is InChI=1S/C74H42N4O10S2/c75-35-47(36-76)63-51-25-13-15-27-53(51)65(79)57(63)29-49-31-61-67(89-49)55-34-60-56(33-59(55)73(61,69(81)85-39-43-17-5-1-6-18-43)70(82)86-40-44-19-7-2-8-20-44)68-62(32-50(90-68)30-58-64(48(37-77)38-78)52-26-14-16-28-54(52)66(58)80)74(60,71(83)87-41-45-21-9-3-10-22-45)72(84)88-42-46-23-11-4-12-24-46/h1-34H,39-42H2/b57-29-,58-30-. The smallest absolute Gasteiger partial charge is 0.333 e. The molecule has 0 bridgehead atoms. The minimum absolute atomic E-state index is 0.00567. The Morgan fingerprint density at radius 2 is 0.644 bits per heavy atom. The zero-order chi connectivity index (χ0) is 62.3. The van der Waals surface area contributed by atoms with Gasteiger partial charge in [-0.3, -0.25) is 28.8 Å². The van der Waals surface area contributed by atoms with Gasteiger partial charge in [-0.25, -0.2) is 0 Å². The molecule has 4 aliphatic carbocycles. The van der Waals surface area contributed by atoms with Crippen molar-refractivity contribution in [1.82, 2.24) is 0 Å². The molecule has 0 fully saturated rings. The van der Waals surface area contributed by atoms with Crippen LogP contribution in [0.2, 0.25) is 0 Å². The lowest BCUT2D eigenvalue weighted by molar-refractivity contribution is -0.166. The molecule has 0 saturated heterocycles. The van der Waals surface area contributed by atoms with Crippen LogP contribution in [0, 0.1) is 45.3 Å². The second-order valence-electron chi connectivity index (χ2n) is 21.3. The SMILES string of the molecule is N#CC(C#N)=C1/C(=C/c2cc3c(s2)-c2cc4c(cc2C3(C(=O)OCc2ccccc2)C(=O)OCc2ccccc2)-c2sc(/C=C3\C(=O)c5ccccc5C3=C(C#N)C#N)cc2C4(C(=O)OCc2ccccc2)C(=O)OCc2ccccc2)C(=O)c2ccccc21. The minimum atomic E-state index is -2.50. The summed E-state index contributed by atoms with van der Waals surface area (Å²) in [6.45, 7) is -1.20. The summed E-state index contributed by atoms with van der Waals surface area (Å²) in [6, 6.07) is 62.5. The number of ketones is 2. The van der Waals surface area contributed by atoms with Gasteiger partial charge in [0.1, 0.15) is 61.9 Å². The summed E-state index contributed by atoms with van der Waals surface area (Å²) in [5, 5.41) is 41.1. The first-order valence-corrected chi connectivity index (χ1v) is 29.7. The molecule has 16 heteroatoms. The molecule has 0 N–H and O–H groups in total. The molecule has 4 aliphatic rings. The van der Waals surface area contributed by atoms with Crippen LogP contribution in [0.3, 0.4) is 0 Å². The second-order valence-corrected chi connectivity index (χ2v) is 23.5. The third-order valence-corrected chi connectivity index (χ3v) is 18.5. The number of thiophene rings is 2. The van der Waals surface area contributed by atoms with Crippen molar-refractivity contribution < 1.29 is 47.7 Å². The quantitative estimate of drug-likeness (QED) is 0.0324. The van der Waals surface area contributed by atoms with Crippen molar-refractivity contribution in [1.29, 1.82) is 21.0 Å². The molecule has 14 nitrogen and oxygen atoms in total. The highest BCUT2D eigenvalue weighted by molar-refractivity contribution is 7.17. The van der Waals surface area contributed by atoms with E-state index < -0.39 is 46.3 Å². The van der Waals surface area contributed by atoms with Gasteiger partial charge in [-0.15, -0.1) is 22.7 Å². The Morgan fingerprint density at radius 1 is 0.367 bits per heavy atom. The number of fused-ring (bicyclic) bond motifs is 8. The molecule has 0 spiro atoms. The summed E-state index contributed by atoms with van der Waals surface area (Å²) in [5.74, 6) is -5.19. The van der Waals surface area contributed by atoms with Crippen LogP contribution in [-0.4, -0.2) is 35.4 Å². The first-order valence-electron chi connectivity index (χ1n) is 28.1. The Kier molecular flexibility index (Phi) is 14.9. The van der Waals surface area contributed by atoms with Crippen LogP contribution in [0.25, 0.3) is 44.2 Å². The van der Waals surface area contributed by atoms with Gasteiger partial charge in [0.25, 0.3) is 0 Å². The van der Waals surface area contributed by atoms with Gasteiger partial charge in [-0.05, 0) is 92.1 Å². The lowest BCUT2D eigenvalue weighted by Gasteiger charge is -2.29. The molecule has 430 valence electrons. The lowest BCUT2D eigenvalue weighted by atomic mass is 9.75. The van der Waals surface area contributed by atoms with Gasteiger partial charge < -0.3 is 18.9 Å². The van der Waals surface area contributed by atoms with Crippen LogP contribution >= 0.6 is 22.7 Å². The highest BCUT2D eigenvalue weighted by Gasteiger charge is 2.63. The van der Waals surface area contributed by atoms with Gasteiger partial charge in [0.2, 0.25) is 10.8 Å². The molecular weight excluding hydrogens is 1170 g/mol. The maximum absolute atomic E-state index is 16.0. The molecule has 0 saturated carbocycles. The number of nitriles is 4. The average Bonchev–Trinajstić information content (AvgIpc) is 1.51. The van der Waals surface area contributed by atoms with Crippen LogP contribution < -0.4 is 0 Å². The molecule has 2 heterocycles. The number of benzene rings is 7. The number of Topliss-reactive ketones (excluding diaryl/α,β-unsaturated/α-hetero) is 2. The van der Waals surface area contributed by atoms with Crippen molar-refractivity contribution in [2.75, 3.05) is 0 Å². The monoisotopic (exact) mass is 1210 g/mol. The topological polar surface area (TPSA) is 234 Å². The minimum Gasteiger partial charge on any atom is -0.459 e. The van der Waals surface area contributed by atoms with E-state index in [0.29, 0.717) is 43.1 Å². The molecule has 13 rings (SSSR count). The van der Waals surface area contributed by atoms with Crippen LogP contribution in [-0.2, 0) is 75.4 Å². The summed E-state index contributed by atoms with van der Waals surface area (Å²) in [5.41, 5.74) is -1.24. The van der Waals surface area contributed by atoms with Crippen LogP contribution in [0.4, 0.5) is 0 Å². The summed E-state index contributed by atoms with van der Waals surface area (Å²) in [7, 11) is 0. The van der Waals surface area contributed by atoms with Crippen LogP contribution in [0.15, 0.2) is 216 Å². The van der Waals surface area contributed by atoms with Crippen LogP contribution in [0.5, 0.6) is 0 Å².